The number of likely N-dealkylation sites (tertiary alicyclic amines) is 1. The first-order valence-electron chi connectivity index (χ1n) is 9.06. The van der Waals surface area contributed by atoms with Crippen LogP contribution in [0, 0.1) is 12.8 Å². The van der Waals surface area contributed by atoms with Gasteiger partial charge in [0.15, 0.2) is 0 Å². The minimum atomic E-state index is 0.00548. The zero-order chi connectivity index (χ0) is 17.7. The maximum absolute atomic E-state index is 12.4. The van der Waals surface area contributed by atoms with Gasteiger partial charge in [0.2, 0.25) is 11.8 Å². The summed E-state index contributed by atoms with van der Waals surface area (Å²) in [6, 6.07) is 0. The topological polar surface area (TPSA) is 66.4 Å². The Hall–Kier alpha value is -2.24. The van der Waals surface area contributed by atoms with Gasteiger partial charge in [-0.2, -0.15) is 0 Å². The number of hydrogen-bond donors (Lipinski definition) is 0. The third kappa shape index (κ3) is 2.94. The molecule has 2 fully saturated rings. The Morgan fingerprint density at radius 3 is 2.72 bits per heavy atom. The summed E-state index contributed by atoms with van der Waals surface area (Å²) in [6.07, 6.45) is 3.68. The van der Waals surface area contributed by atoms with Crippen LogP contribution in [0.1, 0.15) is 49.2 Å². The van der Waals surface area contributed by atoms with Crippen molar-refractivity contribution in [1.82, 2.24) is 14.9 Å². The van der Waals surface area contributed by atoms with Gasteiger partial charge in [-0.25, -0.2) is 9.97 Å². The average Bonchev–Trinajstić information content (AvgIpc) is 3.15. The second-order valence-electron chi connectivity index (χ2n) is 7.61. The monoisotopic (exact) mass is 340 g/mol. The van der Waals surface area contributed by atoms with E-state index in [-0.39, 0.29) is 17.7 Å². The van der Waals surface area contributed by atoms with Crippen LogP contribution in [0.25, 0.3) is 0 Å². The number of aryl methyl sites for hydroxylation is 1. The van der Waals surface area contributed by atoms with Crippen molar-refractivity contribution >= 4 is 17.6 Å². The third-order valence-corrected chi connectivity index (χ3v) is 5.44. The minimum Gasteiger partial charge on any atom is -0.338 e. The average molecular weight is 340 g/mol. The van der Waals surface area contributed by atoms with Crippen LogP contribution < -0.4 is 4.90 Å². The zero-order valence-corrected chi connectivity index (χ0v) is 14.9. The number of aromatic nitrogens is 2. The third-order valence-electron chi connectivity index (χ3n) is 5.44. The van der Waals surface area contributed by atoms with E-state index in [9.17, 15) is 9.59 Å². The number of rotatable bonds is 4. The van der Waals surface area contributed by atoms with Gasteiger partial charge >= 0.3 is 0 Å². The van der Waals surface area contributed by atoms with Crippen molar-refractivity contribution in [3.8, 4) is 0 Å². The maximum Gasteiger partial charge on any atom is 0.248 e. The van der Waals surface area contributed by atoms with Crippen molar-refractivity contribution in [1.29, 1.82) is 0 Å². The molecule has 25 heavy (non-hydrogen) atoms. The summed E-state index contributed by atoms with van der Waals surface area (Å²) in [7, 11) is 0. The van der Waals surface area contributed by atoms with Crippen molar-refractivity contribution in [2.75, 3.05) is 24.5 Å². The van der Waals surface area contributed by atoms with Gasteiger partial charge in [-0.05, 0) is 39.0 Å². The number of carbonyl (C=O) groups excluding carboxylic acids is 2. The molecule has 1 aromatic heterocycles. The first-order chi connectivity index (χ1) is 11.9. The molecule has 0 N–H and O–H groups in total. The van der Waals surface area contributed by atoms with Crippen LogP contribution in [0.4, 0.5) is 5.82 Å². The lowest BCUT2D eigenvalue weighted by atomic mass is 10.1. The summed E-state index contributed by atoms with van der Waals surface area (Å²) in [4.78, 5) is 37.7. The predicted octanol–water partition coefficient (Wildman–Crippen LogP) is 1.98. The van der Waals surface area contributed by atoms with Crippen LogP contribution in [-0.2, 0) is 16.0 Å². The van der Waals surface area contributed by atoms with Crippen LogP contribution in [-0.4, -0.2) is 46.3 Å². The number of amides is 2. The van der Waals surface area contributed by atoms with Gasteiger partial charge in [-0.3, -0.25) is 14.5 Å². The predicted molar refractivity (Wildman–Crippen MR) is 94.3 cm³/mol. The molecule has 2 aliphatic heterocycles. The summed E-state index contributed by atoms with van der Waals surface area (Å²) in [5, 5.41) is 0. The molecule has 3 heterocycles. The highest BCUT2D eigenvalue weighted by molar-refractivity contribution is 6.00. The SMILES string of the molecule is C=C(C)C(=O)N1CCC(c2nc(C)c3c(n2)N(CC2CC2)C(=O)C3)C1. The standard InChI is InChI=1S/C19H24N4O2/c1-11(2)19(25)22-7-6-14(10-22)17-20-12(3)15-8-16(24)23(18(15)21-17)9-13-4-5-13/h13-14H,1,4-10H2,2-3H3. The quantitative estimate of drug-likeness (QED) is 0.786. The molecule has 6 heteroatoms. The Bertz CT molecular complexity index is 769. The van der Waals surface area contributed by atoms with Gasteiger partial charge < -0.3 is 4.90 Å². The van der Waals surface area contributed by atoms with Crippen LogP contribution in [0.3, 0.4) is 0 Å². The zero-order valence-electron chi connectivity index (χ0n) is 14.9. The molecular formula is C19H24N4O2. The van der Waals surface area contributed by atoms with E-state index < -0.39 is 0 Å². The second-order valence-corrected chi connectivity index (χ2v) is 7.61. The highest BCUT2D eigenvalue weighted by atomic mass is 16.2. The molecule has 132 valence electrons. The number of anilines is 1. The lowest BCUT2D eigenvalue weighted by Gasteiger charge is -2.19. The van der Waals surface area contributed by atoms with Crippen molar-refractivity contribution in [3.05, 3.63) is 29.2 Å². The fourth-order valence-corrected chi connectivity index (χ4v) is 3.75. The van der Waals surface area contributed by atoms with E-state index in [2.05, 4.69) is 11.6 Å². The highest BCUT2D eigenvalue weighted by Crippen LogP contribution is 2.37. The van der Waals surface area contributed by atoms with E-state index in [1.807, 2.05) is 16.7 Å². The molecule has 1 saturated carbocycles. The number of carbonyl (C=O) groups is 2. The van der Waals surface area contributed by atoms with Crippen LogP contribution in [0.15, 0.2) is 12.2 Å². The van der Waals surface area contributed by atoms with Crippen LogP contribution in [0.2, 0.25) is 0 Å². The van der Waals surface area contributed by atoms with E-state index in [1.54, 1.807) is 6.92 Å². The highest BCUT2D eigenvalue weighted by Gasteiger charge is 2.37. The summed E-state index contributed by atoms with van der Waals surface area (Å²) in [6.45, 7) is 9.57. The molecule has 1 saturated heterocycles. The largest absolute Gasteiger partial charge is 0.338 e. The van der Waals surface area contributed by atoms with E-state index in [1.165, 1.54) is 12.8 Å². The van der Waals surface area contributed by atoms with E-state index in [0.717, 1.165) is 35.9 Å². The fraction of sp³-hybridized carbons (Fsp3) is 0.579. The summed E-state index contributed by atoms with van der Waals surface area (Å²) in [5.41, 5.74) is 2.44. The molecule has 0 radical (unpaired) electrons. The second kappa shape index (κ2) is 5.93. The molecule has 1 unspecified atom stereocenters. The lowest BCUT2D eigenvalue weighted by molar-refractivity contribution is -0.126. The molecule has 0 aromatic carbocycles. The van der Waals surface area contributed by atoms with Gasteiger partial charge in [0, 0.05) is 42.4 Å². The van der Waals surface area contributed by atoms with Crippen molar-refractivity contribution < 1.29 is 9.59 Å². The van der Waals surface area contributed by atoms with Crippen molar-refractivity contribution in [2.24, 2.45) is 5.92 Å². The molecule has 6 nitrogen and oxygen atoms in total. The smallest absolute Gasteiger partial charge is 0.248 e. The Labute approximate surface area is 147 Å². The Balaban J connectivity index is 1.59. The van der Waals surface area contributed by atoms with E-state index >= 15 is 0 Å². The van der Waals surface area contributed by atoms with Crippen LogP contribution >= 0.6 is 0 Å². The molecule has 2 amide bonds. The maximum atomic E-state index is 12.4. The normalized spacial score (nSPS) is 22.5. The molecule has 1 aromatic rings. The molecule has 4 rings (SSSR count). The first-order valence-corrected chi connectivity index (χ1v) is 9.06. The van der Waals surface area contributed by atoms with Gasteiger partial charge in [-0.1, -0.05) is 6.58 Å². The molecule has 1 aliphatic carbocycles. The molecule has 0 bridgehead atoms. The minimum absolute atomic E-state index is 0.00548. The summed E-state index contributed by atoms with van der Waals surface area (Å²) < 4.78 is 0. The Morgan fingerprint density at radius 2 is 2.04 bits per heavy atom. The Morgan fingerprint density at radius 1 is 1.28 bits per heavy atom. The van der Waals surface area contributed by atoms with Crippen LogP contribution in [0.5, 0.6) is 0 Å². The van der Waals surface area contributed by atoms with Gasteiger partial charge in [0.05, 0.1) is 6.42 Å². The molecule has 0 spiro atoms. The van der Waals surface area contributed by atoms with Crippen molar-refractivity contribution in [3.63, 3.8) is 0 Å². The molecule has 3 aliphatic rings. The number of nitrogens with zero attached hydrogens (tertiary/aromatic N) is 4. The Kier molecular flexibility index (Phi) is 3.85. The number of hydrogen-bond acceptors (Lipinski definition) is 4. The van der Waals surface area contributed by atoms with E-state index in [4.69, 9.17) is 4.98 Å². The first kappa shape index (κ1) is 16.2. The molecule has 1 atom stereocenters. The van der Waals surface area contributed by atoms with Gasteiger partial charge in [0.25, 0.3) is 0 Å². The summed E-state index contributed by atoms with van der Waals surface area (Å²) in [5.74, 6) is 2.48. The lowest BCUT2D eigenvalue weighted by Crippen LogP contribution is -2.30. The number of fused-ring (bicyclic) bond motifs is 1. The van der Waals surface area contributed by atoms with Crippen molar-refractivity contribution in [2.45, 2.75) is 45.4 Å². The fourth-order valence-electron chi connectivity index (χ4n) is 3.75. The molecular weight excluding hydrogens is 316 g/mol. The van der Waals surface area contributed by atoms with Gasteiger partial charge in [0.1, 0.15) is 11.6 Å². The summed E-state index contributed by atoms with van der Waals surface area (Å²) >= 11 is 0. The van der Waals surface area contributed by atoms with E-state index in [0.29, 0.717) is 31.0 Å². The van der Waals surface area contributed by atoms with Gasteiger partial charge in [-0.15, -0.1) is 0 Å².